The highest BCUT2D eigenvalue weighted by atomic mass is 16.5. The molecule has 14 heavy (non-hydrogen) atoms. The molecule has 0 aromatic heterocycles. The lowest BCUT2D eigenvalue weighted by molar-refractivity contribution is -0.131. The summed E-state index contributed by atoms with van der Waals surface area (Å²) in [4.78, 5) is 13.2. The summed E-state index contributed by atoms with van der Waals surface area (Å²) >= 11 is 0. The van der Waals surface area contributed by atoms with Crippen LogP contribution in [0.4, 0.5) is 0 Å². The normalized spacial score (nSPS) is 9.50. The van der Waals surface area contributed by atoms with Gasteiger partial charge in [-0.15, -0.1) is 6.42 Å². The SMILES string of the molecule is C#CCN(CCC)C(=O)CCOCC. The van der Waals surface area contributed by atoms with E-state index in [1.54, 1.807) is 4.90 Å². The Balaban J connectivity index is 3.83. The number of carbonyl (C=O) groups is 1. The van der Waals surface area contributed by atoms with E-state index in [1.807, 2.05) is 13.8 Å². The maximum atomic E-state index is 11.5. The van der Waals surface area contributed by atoms with Crippen molar-refractivity contribution in [1.29, 1.82) is 0 Å². The number of amides is 1. The van der Waals surface area contributed by atoms with Gasteiger partial charge >= 0.3 is 0 Å². The molecular weight excluding hydrogens is 178 g/mol. The van der Waals surface area contributed by atoms with Gasteiger partial charge < -0.3 is 9.64 Å². The molecule has 80 valence electrons. The van der Waals surface area contributed by atoms with Gasteiger partial charge in [0.05, 0.1) is 19.6 Å². The first-order valence-electron chi connectivity index (χ1n) is 5.05. The smallest absolute Gasteiger partial charge is 0.225 e. The maximum absolute atomic E-state index is 11.5. The minimum Gasteiger partial charge on any atom is -0.381 e. The van der Waals surface area contributed by atoms with Gasteiger partial charge in [-0.1, -0.05) is 12.8 Å². The van der Waals surface area contributed by atoms with E-state index in [-0.39, 0.29) is 5.91 Å². The standard InChI is InChI=1S/C11H19NO2/c1-4-8-12(9-5-2)11(13)7-10-14-6-3/h1H,5-10H2,2-3H3. The summed E-state index contributed by atoms with van der Waals surface area (Å²) in [6.45, 7) is 6.21. The summed E-state index contributed by atoms with van der Waals surface area (Å²) in [5, 5.41) is 0. The first-order chi connectivity index (χ1) is 6.76. The highest BCUT2D eigenvalue weighted by Gasteiger charge is 2.10. The summed E-state index contributed by atoms with van der Waals surface area (Å²) in [6, 6.07) is 0. The van der Waals surface area contributed by atoms with E-state index in [4.69, 9.17) is 11.2 Å². The van der Waals surface area contributed by atoms with Crippen molar-refractivity contribution in [2.24, 2.45) is 0 Å². The van der Waals surface area contributed by atoms with Gasteiger partial charge in [-0.3, -0.25) is 4.79 Å². The highest BCUT2D eigenvalue weighted by Crippen LogP contribution is 1.96. The molecular formula is C11H19NO2. The van der Waals surface area contributed by atoms with E-state index in [0.717, 1.165) is 13.0 Å². The molecule has 0 rings (SSSR count). The van der Waals surface area contributed by atoms with Gasteiger partial charge in [0.15, 0.2) is 0 Å². The summed E-state index contributed by atoms with van der Waals surface area (Å²) in [7, 11) is 0. The topological polar surface area (TPSA) is 29.5 Å². The van der Waals surface area contributed by atoms with E-state index in [2.05, 4.69) is 5.92 Å². The molecule has 0 unspecified atom stereocenters. The van der Waals surface area contributed by atoms with Crippen LogP contribution in [-0.2, 0) is 9.53 Å². The molecule has 0 spiro atoms. The predicted octanol–water partition coefficient (Wildman–Crippen LogP) is 1.28. The van der Waals surface area contributed by atoms with Crippen molar-refractivity contribution >= 4 is 5.91 Å². The number of ether oxygens (including phenoxy) is 1. The Kier molecular flexibility index (Phi) is 7.96. The Hall–Kier alpha value is -1.01. The van der Waals surface area contributed by atoms with Crippen molar-refractivity contribution in [3.63, 3.8) is 0 Å². The Morgan fingerprint density at radius 2 is 2.21 bits per heavy atom. The molecule has 0 saturated heterocycles. The van der Waals surface area contributed by atoms with Crippen LogP contribution in [0, 0.1) is 12.3 Å². The molecule has 0 aliphatic heterocycles. The third kappa shape index (κ3) is 5.60. The van der Waals surface area contributed by atoms with E-state index in [0.29, 0.717) is 26.2 Å². The second kappa shape index (κ2) is 8.58. The van der Waals surface area contributed by atoms with Crippen LogP contribution in [0.3, 0.4) is 0 Å². The molecule has 0 radical (unpaired) electrons. The molecule has 0 saturated carbocycles. The highest BCUT2D eigenvalue weighted by molar-refractivity contribution is 5.76. The minimum atomic E-state index is 0.0817. The molecule has 0 aliphatic carbocycles. The predicted molar refractivity (Wildman–Crippen MR) is 56.8 cm³/mol. The van der Waals surface area contributed by atoms with Crippen molar-refractivity contribution < 1.29 is 9.53 Å². The largest absolute Gasteiger partial charge is 0.381 e. The van der Waals surface area contributed by atoms with Crippen LogP contribution in [0.5, 0.6) is 0 Å². The van der Waals surface area contributed by atoms with Crippen LogP contribution >= 0.6 is 0 Å². The van der Waals surface area contributed by atoms with Gasteiger partial charge in [0, 0.05) is 13.2 Å². The Morgan fingerprint density at radius 1 is 1.50 bits per heavy atom. The van der Waals surface area contributed by atoms with Crippen molar-refractivity contribution in [2.75, 3.05) is 26.3 Å². The van der Waals surface area contributed by atoms with Crippen LogP contribution in [0.15, 0.2) is 0 Å². The number of carbonyl (C=O) groups excluding carboxylic acids is 1. The van der Waals surface area contributed by atoms with Gasteiger partial charge in [-0.05, 0) is 13.3 Å². The van der Waals surface area contributed by atoms with Gasteiger partial charge in [0.25, 0.3) is 0 Å². The lowest BCUT2D eigenvalue weighted by Gasteiger charge is -2.19. The van der Waals surface area contributed by atoms with Crippen molar-refractivity contribution in [3.05, 3.63) is 0 Å². The van der Waals surface area contributed by atoms with Crippen LogP contribution in [0.1, 0.15) is 26.7 Å². The summed E-state index contributed by atoms with van der Waals surface area (Å²) in [5.74, 6) is 2.57. The van der Waals surface area contributed by atoms with Crippen molar-refractivity contribution in [2.45, 2.75) is 26.7 Å². The van der Waals surface area contributed by atoms with Gasteiger partial charge in [0.1, 0.15) is 0 Å². The molecule has 0 aromatic carbocycles. The molecule has 1 amide bonds. The molecule has 3 heteroatoms. The molecule has 0 atom stereocenters. The van der Waals surface area contributed by atoms with Crippen LogP contribution in [0.25, 0.3) is 0 Å². The van der Waals surface area contributed by atoms with E-state index < -0.39 is 0 Å². The zero-order chi connectivity index (χ0) is 10.8. The minimum absolute atomic E-state index is 0.0817. The zero-order valence-electron chi connectivity index (χ0n) is 9.08. The summed E-state index contributed by atoms with van der Waals surface area (Å²) in [6.07, 6.45) is 6.54. The number of terminal acetylenes is 1. The Morgan fingerprint density at radius 3 is 2.71 bits per heavy atom. The first kappa shape index (κ1) is 13.0. The maximum Gasteiger partial charge on any atom is 0.225 e. The van der Waals surface area contributed by atoms with Crippen LogP contribution < -0.4 is 0 Å². The summed E-state index contributed by atoms with van der Waals surface area (Å²) in [5.41, 5.74) is 0. The molecule has 0 aliphatic rings. The molecule has 3 nitrogen and oxygen atoms in total. The fourth-order valence-corrected chi connectivity index (χ4v) is 1.13. The lowest BCUT2D eigenvalue weighted by atomic mass is 10.3. The van der Waals surface area contributed by atoms with Crippen LogP contribution in [0.2, 0.25) is 0 Å². The third-order valence-corrected chi connectivity index (χ3v) is 1.79. The zero-order valence-corrected chi connectivity index (χ0v) is 9.08. The van der Waals surface area contributed by atoms with Gasteiger partial charge in [0.2, 0.25) is 5.91 Å². The third-order valence-electron chi connectivity index (χ3n) is 1.79. The fourth-order valence-electron chi connectivity index (χ4n) is 1.13. The van der Waals surface area contributed by atoms with Gasteiger partial charge in [-0.2, -0.15) is 0 Å². The number of hydrogen-bond acceptors (Lipinski definition) is 2. The van der Waals surface area contributed by atoms with E-state index >= 15 is 0 Å². The van der Waals surface area contributed by atoms with Gasteiger partial charge in [-0.25, -0.2) is 0 Å². The van der Waals surface area contributed by atoms with Crippen molar-refractivity contribution in [1.82, 2.24) is 4.90 Å². The molecule has 0 N–H and O–H groups in total. The van der Waals surface area contributed by atoms with E-state index in [9.17, 15) is 4.79 Å². The summed E-state index contributed by atoms with van der Waals surface area (Å²) < 4.78 is 5.11. The molecule has 0 fully saturated rings. The average molecular weight is 197 g/mol. The van der Waals surface area contributed by atoms with E-state index in [1.165, 1.54) is 0 Å². The second-order valence-corrected chi connectivity index (χ2v) is 2.97. The molecule has 0 bridgehead atoms. The number of nitrogens with zero attached hydrogens (tertiary/aromatic N) is 1. The monoisotopic (exact) mass is 197 g/mol. The Labute approximate surface area is 86.4 Å². The molecule has 0 aromatic rings. The number of hydrogen-bond donors (Lipinski definition) is 0. The quantitative estimate of drug-likeness (QED) is 0.454. The lowest BCUT2D eigenvalue weighted by Crippen LogP contribution is -2.32. The fraction of sp³-hybridized carbons (Fsp3) is 0.727. The Bertz CT molecular complexity index is 196. The molecule has 0 heterocycles. The first-order valence-corrected chi connectivity index (χ1v) is 5.05. The second-order valence-electron chi connectivity index (χ2n) is 2.97. The van der Waals surface area contributed by atoms with Crippen LogP contribution in [-0.4, -0.2) is 37.1 Å². The average Bonchev–Trinajstić information content (AvgIpc) is 2.18. The number of rotatable bonds is 7. The van der Waals surface area contributed by atoms with Crippen molar-refractivity contribution in [3.8, 4) is 12.3 Å².